The van der Waals surface area contributed by atoms with Crippen molar-refractivity contribution in [3.05, 3.63) is 0 Å². The van der Waals surface area contributed by atoms with E-state index in [1.54, 1.807) is 0 Å². The number of rotatable bonds is 2. The summed E-state index contributed by atoms with van der Waals surface area (Å²) in [6.07, 6.45) is 4.29. The minimum atomic E-state index is 0.872. The summed E-state index contributed by atoms with van der Waals surface area (Å²) in [6.45, 7) is 4.69. The summed E-state index contributed by atoms with van der Waals surface area (Å²) >= 11 is 0. The van der Waals surface area contributed by atoms with Crippen molar-refractivity contribution in [2.75, 3.05) is 7.05 Å². The molecule has 1 heteroatoms. The molecule has 2 fully saturated rings. The van der Waals surface area contributed by atoms with Crippen LogP contribution in [0.3, 0.4) is 0 Å². The zero-order valence-electron chi connectivity index (χ0n) is 7.88. The zero-order chi connectivity index (χ0) is 8.01. The van der Waals surface area contributed by atoms with E-state index in [2.05, 4.69) is 25.8 Å². The molecule has 0 amide bonds. The van der Waals surface area contributed by atoms with Crippen molar-refractivity contribution in [2.45, 2.75) is 45.2 Å². The smallest absolute Gasteiger partial charge is 0.0127 e. The van der Waals surface area contributed by atoms with E-state index in [9.17, 15) is 0 Å². The van der Waals surface area contributed by atoms with Gasteiger partial charge in [0, 0.05) is 12.1 Å². The van der Waals surface area contributed by atoms with Crippen LogP contribution in [0.2, 0.25) is 0 Å². The molecule has 64 valence electrons. The van der Waals surface area contributed by atoms with Crippen LogP contribution < -0.4 is 0 Å². The minimum Gasteiger partial charge on any atom is -0.300 e. The molecule has 1 aliphatic heterocycles. The van der Waals surface area contributed by atoms with E-state index >= 15 is 0 Å². The summed E-state index contributed by atoms with van der Waals surface area (Å²) in [5, 5.41) is 0. The molecule has 1 saturated carbocycles. The highest BCUT2D eigenvalue weighted by atomic mass is 15.2. The average Bonchev–Trinajstić information content (AvgIpc) is 2.72. The van der Waals surface area contributed by atoms with Crippen LogP contribution >= 0.6 is 0 Å². The molecule has 1 aliphatic carbocycles. The van der Waals surface area contributed by atoms with E-state index < -0.39 is 0 Å². The third kappa shape index (κ3) is 1.01. The van der Waals surface area contributed by atoms with Gasteiger partial charge in [-0.15, -0.1) is 0 Å². The fourth-order valence-corrected chi connectivity index (χ4v) is 2.85. The monoisotopic (exact) mass is 153 g/mol. The second kappa shape index (κ2) is 2.48. The molecule has 4 atom stereocenters. The van der Waals surface area contributed by atoms with Gasteiger partial charge >= 0.3 is 0 Å². The van der Waals surface area contributed by atoms with Gasteiger partial charge in [-0.1, -0.05) is 13.3 Å². The van der Waals surface area contributed by atoms with Gasteiger partial charge in [-0.05, 0) is 38.6 Å². The Hall–Kier alpha value is -0.0400. The molecule has 0 radical (unpaired) electrons. The van der Waals surface area contributed by atoms with Crippen molar-refractivity contribution >= 4 is 0 Å². The third-order valence-corrected chi connectivity index (χ3v) is 3.75. The quantitative estimate of drug-likeness (QED) is 0.587. The summed E-state index contributed by atoms with van der Waals surface area (Å²) in [6, 6.07) is 1.80. The van der Waals surface area contributed by atoms with Crippen molar-refractivity contribution in [3.8, 4) is 0 Å². The van der Waals surface area contributed by atoms with Gasteiger partial charge in [0.15, 0.2) is 0 Å². The summed E-state index contributed by atoms with van der Waals surface area (Å²) in [5.74, 6) is 2.14. The van der Waals surface area contributed by atoms with Gasteiger partial charge in [0.1, 0.15) is 0 Å². The molecular formula is C10H19N. The van der Waals surface area contributed by atoms with E-state index in [1.807, 2.05) is 0 Å². The number of nitrogens with zero attached hydrogens (tertiary/aromatic N) is 1. The van der Waals surface area contributed by atoms with Gasteiger partial charge in [0.2, 0.25) is 0 Å². The Kier molecular flexibility index (Phi) is 1.71. The van der Waals surface area contributed by atoms with Crippen molar-refractivity contribution in [3.63, 3.8) is 0 Å². The van der Waals surface area contributed by atoms with Crippen LogP contribution in [-0.4, -0.2) is 24.0 Å². The summed E-state index contributed by atoms with van der Waals surface area (Å²) in [5.41, 5.74) is 0. The normalized spacial score (nSPS) is 49.4. The third-order valence-electron chi connectivity index (χ3n) is 3.75. The highest BCUT2D eigenvalue weighted by Gasteiger charge is 2.54. The van der Waals surface area contributed by atoms with Crippen LogP contribution in [0.25, 0.3) is 0 Å². The molecule has 1 saturated heterocycles. The van der Waals surface area contributed by atoms with Crippen molar-refractivity contribution < 1.29 is 0 Å². The Labute approximate surface area is 69.8 Å². The Balaban J connectivity index is 1.99. The first kappa shape index (κ1) is 7.60. The molecule has 0 bridgehead atoms. The van der Waals surface area contributed by atoms with E-state index in [1.165, 1.54) is 19.3 Å². The molecular weight excluding hydrogens is 134 g/mol. The molecule has 11 heavy (non-hydrogen) atoms. The number of fused-ring (bicyclic) bond motifs is 1. The van der Waals surface area contributed by atoms with Gasteiger partial charge in [0.25, 0.3) is 0 Å². The second-order valence-electron chi connectivity index (χ2n) is 4.33. The molecule has 0 spiro atoms. The summed E-state index contributed by atoms with van der Waals surface area (Å²) < 4.78 is 0. The van der Waals surface area contributed by atoms with E-state index in [0.717, 1.165) is 23.9 Å². The maximum Gasteiger partial charge on any atom is 0.0127 e. The molecule has 2 unspecified atom stereocenters. The van der Waals surface area contributed by atoms with Crippen LogP contribution in [0.1, 0.15) is 33.1 Å². The van der Waals surface area contributed by atoms with Crippen LogP contribution in [0.15, 0.2) is 0 Å². The Morgan fingerprint density at radius 1 is 1.36 bits per heavy atom. The Morgan fingerprint density at radius 3 is 2.55 bits per heavy atom. The largest absolute Gasteiger partial charge is 0.300 e. The standard InChI is InChI=1S/C10H19N/c1-4-5-10-9-6-8(9)7(2)11(10)3/h7-10H,4-6H2,1-3H3/t7?,8-,9-,10?/m0/s1. The second-order valence-corrected chi connectivity index (χ2v) is 4.33. The fourth-order valence-electron chi connectivity index (χ4n) is 2.85. The van der Waals surface area contributed by atoms with Crippen molar-refractivity contribution in [1.29, 1.82) is 0 Å². The maximum atomic E-state index is 2.60. The molecule has 1 nitrogen and oxygen atoms in total. The predicted molar refractivity (Wildman–Crippen MR) is 47.5 cm³/mol. The summed E-state index contributed by atoms with van der Waals surface area (Å²) in [7, 11) is 2.30. The number of hydrogen-bond acceptors (Lipinski definition) is 1. The maximum absolute atomic E-state index is 2.60. The minimum absolute atomic E-state index is 0.872. The molecule has 0 aromatic heterocycles. The first-order chi connectivity index (χ1) is 5.25. The Morgan fingerprint density at radius 2 is 2.09 bits per heavy atom. The SMILES string of the molecule is CCCC1[C@H]2C[C@H]2C(C)N1C. The Bertz CT molecular complexity index is 155. The predicted octanol–water partition coefficient (Wildman–Crippen LogP) is 2.13. The number of hydrogen-bond donors (Lipinski definition) is 0. The molecule has 0 aromatic carbocycles. The topological polar surface area (TPSA) is 3.24 Å². The molecule has 2 rings (SSSR count). The highest BCUT2D eigenvalue weighted by molar-refractivity contribution is 5.07. The lowest BCUT2D eigenvalue weighted by Crippen LogP contribution is -2.34. The lowest BCUT2D eigenvalue weighted by Gasteiger charge is -2.26. The fraction of sp³-hybridized carbons (Fsp3) is 1.00. The van der Waals surface area contributed by atoms with Gasteiger partial charge in [0.05, 0.1) is 0 Å². The van der Waals surface area contributed by atoms with Crippen molar-refractivity contribution in [1.82, 2.24) is 4.90 Å². The summed E-state index contributed by atoms with van der Waals surface area (Å²) in [4.78, 5) is 2.60. The van der Waals surface area contributed by atoms with E-state index in [0.29, 0.717) is 0 Å². The number of piperidine rings is 1. The van der Waals surface area contributed by atoms with Crippen molar-refractivity contribution in [2.24, 2.45) is 11.8 Å². The lowest BCUT2D eigenvalue weighted by atomic mass is 10.1. The van der Waals surface area contributed by atoms with Crippen LogP contribution in [0.5, 0.6) is 0 Å². The first-order valence-corrected chi connectivity index (χ1v) is 4.97. The first-order valence-electron chi connectivity index (χ1n) is 4.97. The molecule has 1 heterocycles. The van der Waals surface area contributed by atoms with Gasteiger partial charge < -0.3 is 4.90 Å². The lowest BCUT2D eigenvalue weighted by molar-refractivity contribution is 0.202. The molecule has 0 N–H and O–H groups in total. The van der Waals surface area contributed by atoms with Crippen LogP contribution in [-0.2, 0) is 0 Å². The van der Waals surface area contributed by atoms with Crippen LogP contribution in [0, 0.1) is 11.8 Å². The van der Waals surface area contributed by atoms with E-state index in [-0.39, 0.29) is 0 Å². The van der Waals surface area contributed by atoms with Gasteiger partial charge in [-0.2, -0.15) is 0 Å². The average molecular weight is 153 g/mol. The van der Waals surface area contributed by atoms with Gasteiger partial charge in [-0.25, -0.2) is 0 Å². The zero-order valence-corrected chi connectivity index (χ0v) is 7.88. The number of likely N-dealkylation sites (tertiary alicyclic amines) is 1. The highest BCUT2D eigenvalue weighted by Crippen LogP contribution is 2.53. The molecule has 0 aromatic rings. The van der Waals surface area contributed by atoms with Crippen LogP contribution in [0.4, 0.5) is 0 Å². The van der Waals surface area contributed by atoms with Gasteiger partial charge in [-0.3, -0.25) is 0 Å². The van der Waals surface area contributed by atoms with E-state index in [4.69, 9.17) is 0 Å². The molecule has 2 aliphatic rings.